The zero-order valence-electron chi connectivity index (χ0n) is 16.0. The average Bonchev–Trinajstić information content (AvgIpc) is 3.28. The average molecular weight is 389 g/mol. The first kappa shape index (κ1) is 21.8. The minimum absolute atomic E-state index is 0. The van der Waals surface area contributed by atoms with Crippen LogP contribution in [0.15, 0.2) is 77.6 Å². The molecule has 1 aliphatic carbocycles. The molecule has 27 heavy (non-hydrogen) atoms. The quantitative estimate of drug-likeness (QED) is 0.330. The molecule has 3 heteroatoms. The Hall–Kier alpha value is -1.48. The summed E-state index contributed by atoms with van der Waals surface area (Å²) in [5, 5.41) is 5.64. The Morgan fingerprint density at radius 3 is 2.15 bits per heavy atom. The maximum Gasteiger partial charge on any atom is 0.0902 e. The third-order valence-electron chi connectivity index (χ3n) is 4.68. The number of rotatable bonds is 0. The van der Waals surface area contributed by atoms with Gasteiger partial charge in [0, 0.05) is 0 Å². The van der Waals surface area contributed by atoms with E-state index < -0.39 is 0 Å². The SMILES string of the molecule is C[CH2][Mg+].[Cl-].c1ccc2c(c1)ccc1c3c(ccc12)CCCC3.c1ccoc1. The fourth-order valence-electron chi connectivity index (χ4n) is 3.57. The van der Waals surface area contributed by atoms with Crippen LogP contribution in [0.3, 0.4) is 0 Å². The topological polar surface area (TPSA) is 13.1 Å². The van der Waals surface area contributed by atoms with E-state index in [1.165, 1.54) is 51.8 Å². The maximum atomic E-state index is 4.58. The standard InChI is InChI=1S/C18H16.C4H4O.C2H5.ClH.Mg/c1-3-7-15-13(5-1)9-11-18-16-8-4-2-6-14(16)10-12-17(15)18;1-2-4-5-3-1;1-2;;/h1,3,5,7,9-12H,2,4,6,8H2;1-4H;1H2,2H3;1H;/q;;;;+1/p-1. The summed E-state index contributed by atoms with van der Waals surface area (Å²) < 4.78 is 5.86. The van der Waals surface area contributed by atoms with Crippen molar-refractivity contribution in [3.63, 3.8) is 0 Å². The fourth-order valence-corrected chi connectivity index (χ4v) is 3.57. The summed E-state index contributed by atoms with van der Waals surface area (Å²) in [6.07, 6.45) is 8.47. The van der Waals surface area contributed by atoms with E-state index in [0.29, 0.717) is 0 Å². The van der Waals surface area contributed by atoms with E-state index in [4.69, 9.17) is 0 Å². The van der Waals surface area contributed by atoms with Gasteiger partial charge in [-0.1, -0.05) is 48.5 Å². The largest absolute Gasteiger partial charge is 1.00 e. The molecule has 136 valence electrons. The first-order chi connectivity index (χ1) is 12.8. The van der Waals surface area contributed by atoms with Gasteiger partial charge >= 0.3 is 33.2 Å². The van der Waals surface area contributed by atoms with Gasteiger partial charge in [0.1, 0.15) is 0 Å². The molecule has 0 bridgehead atoms. The molecule has 1 nitrogen and oxygen atoms in total. The van der Waals surface area contributed by atoms with Crippen LogP contribution < -0.4 is 12.4 Å². The predicted molar refractivity (Wildman–Crippen MR) is 113 cm³/mol. The minimum Gasteiger partial charge on any atom is -1.00 e. The van der Waals surface area contributed by atoms with Crippen LogP contribution >= 0.6 is 0 Å². The number of benzene rings is 3. The summed E-state index contributed by atoms with van der Waals surface area (Å²) in [5.41, 5.74) is 3.17. The van der Waals surface area contributed by atoms with Gasteiger partial charge in [0.25, 0.3) is 0 Å². The summed E-state index contributed by atoms with van der Waals surface area (Å²) in [7, 11) is 0. The van der Waals surface area contributed by atoms with Gasteiger partial charge < -0.3 is 16.8 Å². The number of hydrogen-bond donors (Lipinski definition) is 0. The number of aryl methyl sites for hydroxylation is 2. The van der Waals surface area contributed by atoms with Crippen molar-refractivity contribution < 1.29 is 16.8 Å². The Kier molecular flexibility index (Phi) is 9.19. The summed E-state index contributed by atoms with van der Waals surface area (Å²) in [4.78, 5) is 0. The van der Waals surface area contributed by atoms with Crippen molar-refractivity contribution in [1.29, 1.82) is 0 Å². The molecule has 1 heterocycles. The molecule has 1 aliphatic rings. The Morgan fingerprint density at radius 2 is 1.44 bits per heavy atom. The molecule has 0 saturated heterocycles. The molecular formula is C24H25ClMgO. The Balaban J connectivity index is 0.000000247. The van der Waals surface area contributed by atoms with Gasteiger partial charge in [-0.25, -0.2) is 0 Å². The molecule has 0 amide bonds. The first-order valence-corrected chi connectivity index (χ1v) is 10.5. The van der Waals surface area contributed by atoms with E-state index in [1.54, 1.807) is 23.7 Å². The second-order valence-electron chi connectivity index (χ2n) is 6.59. The van der Waals surface area contributed by atoms with Gasteiger partial charge in [0.15, 0.2) is 0 Å². The van der Waals surface area contributed by atoms with Crippen molar-refractivity contribution in [3.05, 3.63) is 84.3 Å². The third kappa shape index (κ3) is 5.51. The van der Waals surface area contributed by atoms with Gasteiger partial charge in [-0.3, -0.25) is 0 Å². The molecular weight excluding hydrogens is 364 g/mol. The summed E-state index contributed by atoms with van der Waals surface area (Å²) in [5.74, 6) is 0. The van der Waals surface area contributed by atoms with E-state index >= 15 is 0 Å². The number of hydrogen-bond acceptors (Lipinski definition) is 1. The monoisotopic (exact) mass is 388 g/mol. The molecule has 0 atom stereocenters. The first-order valence-electron chi connectivity index (χ1n) is 9.53. The molecule has 4 aromatic rings. The zero-order valence-corrected chi connectivity index (χ0v) is 18.1. The van der Waals surface area contributed by atoms with Crippen molar-refractivity contribution >= 4 is 43.3 Å². The van der Waals surface area contributed by atoms with Crippen molar-refractivity contribution in [3.8, 4) is 0 Å². The second kappa shape index (κ2) is 11.4. The van der Waals surface area contributed by atoms with E-state index in [2.05, 4.69) is 59.9 Å². The molecule has 0 spiro atoms. The van der Waals surface area contributed by atoms with Gasteiger partial charge in [0.05, 0.1) is 12.5 Å². The summed E-state index contributed by atoms with van der Waals surface area (Å²) >= 11 is 1.97. The molecule has 3 aromatic carbocycles. The maximum absolute atomic E-state index is 4.58. The smallest absolute Gasteiger partial charge is 0.0902 e. The van der Waals surface area contributed by atoms with Gasteiger partial charge in [-0.05, 0) is 70.5 Å². The number of fused-ring (bicyclic) bond motifs is 5. The van der Waals surface area contributed by atoms with Crippen LogP contribution in [0, 0.1) is 0 Å². The van der Waals surface area contributed by atoms with Gasteiger partial charge in [0.2, 0.25) is 0 Å². The molecule has 0 fully saturated rings. The summed E-state index contributed by atoms with van der Waals surface area (Å²) in [6, 6.07) is 21.6. The Bertz CT molecular complexity index is 930. The second-order valence-corrected chi connectivity index (χ2v) is 7.59. The summed E-state index contributed by atoms with van der Waals surface area (Å²) in [6.45, 7) is 2.14. The minimum atomic E-state index is 0. The fraction of sp³-hybridized carbons (Fsp3) is 0.250. The van der Waals surface area contributed by atoms with Crippen LogP contribution in [0.2, 0.25) is 4.55 Å². The van der Waals surface area contributed by atoms with Crippen molar-refractivity contribution in [2.75, 3.05) is 0 Å². The van der Waals surface area contributed by atoms with Crippen LogP contribution in [-0.2, 0) is 12.8 Å². The van der Waals surface area contributed by atoms with Crippen LogP contribution in [0.1, 0.15) is 30.9 Å². The van der Waals surface area contributed by atoms with Gasteiger partial charge in [-0.15, -0.1) is 0 Å². The molecule has 5 rings (SSSR count). The third-order valence-corrected chi connectivity index (χ3v) is 4.68. The molecule has 0 N–H and O–H groups in total. The molecule has 1 aromatic heterocycles. The van der Waals surface area contributed by atoms with E-state index in [1.807, 2.05) is 33.8 Å². The molecule has 0 radical (unpaired) electrons. The van der Waals surface area contributed by atoms with Crippen LogP contribution in [0.25, 0.3) is 21.5 Å². The number of halogens is 1. The van der Waals surface area contributed by atoms with Crippen LogP contribution in [0.5, 0.6) is 0 Å². The molecule has 0 unspecified atom stereocenters. The molecule has 0 saturated carbocycles. The van der Waals surface area contributed by atoms with Crippen LogP contribution in [-0.4, -0.2) is 21.7 Å². The van der Waals surface area contributed by atoms with E-state index in [-0.39, 0.29) is 12.4 Å². The van der Waals surface area contributed by atoms with Gasteiger partial charge in [-0.2, -0.15) is 0 Å². The van der Waals surface area contributed by atoms with Crippen molar-refractivity contribution in [2.45, 2.75) is 37.2 Å². The van der Waals surface area contributed by atoms with Crippen molar-refractivity contribution in [2.24, 2.45) is 0 Å². The Labute approximate surface area is 181 Å². The zero-order chi connectivity index (χ0) is 18.2. The predicted octanol–water partition coefficient (Wildman–Crippen LogP) is 3.75. The Morgan fingerprint density at radius 1 is 0.778 bits per heavy atom. The molecule has 0 aliphatic heterocycles. The van der Waals surface area contributed by atoms with Crippen molar-refractivity contribution in [1.82, 2.24) is 0 Å². The normalized spacial score (nSPS) is 12.1. The van der Waals surface area contributed by atoms with E-state index in [9.17, 15) is 0 Å². The number of furan rings is 1. The van der Waals surface area contributed by atoms with Crippen LogP contribution in [0.4, 0.5) is 0 Å². The van der Waals surface area contributed by atoms with E-state index in [0.717, 1.165) is 0 Å².